The SMILES string of the molecule is CCCC(C)C(CN)N(C)C1CCOC1. The van der Waals surface area contributed by atoms with Crippen LogP contribution in [-0.4, -0.2) is 43.8 Å². The summed E-state index contributed by atoms with van der Waals surface area (Å²) < 4.78 is 5.43. The van der Waals surface area contributed by atoms with Crippen LogP contribution in [0.2, 0.25) is 0 Å². The number of likely N-dealkylation sites (N-methyl/N-ethyl adjacent to an activating group) is 1. The van der Waals surface area contributed by atoms with E-state index in [1.807, 2.05) is 0 Å². The van der Waals surface area contributed by atoms with Crippen LogP contribution in [0.5, 0.6) is 0 Å². The molecule has 3 unspecified atom stereocenters. The second-order valence-electron chi connectivity index (χ2n) is 4.75. The second-order valence-corrected chi connectivity index (χ2v) is 4.75. The van der Waals surface area contributed by atoms with E-state index >= 15 is 0 Å². The van der Waals surface area contributed by atoms with Crippen LogP contribution >= 0.6 is 0 Å². The maximum absolute atomic E-state index is 5.89. The maximum Gasteiger partial charge on any atom is 0.0622 e. The first-order valence-corrected chi connectivity index (χ1v) is 6.20. The van der Waals surface area contributed by atoms with E-state index in [0.29, 0.717) is 18.0 Å². The van der Waals surface area contributed by atoms with Crippen LogP contribution < -0.4 is 5.73 Å². The number of nitrogens with two attached hydrogens (primary N) is 1. The number of hydrogen-bond donors (Lipinski definition) is 1. The number of ether oxygens (including phenoxy) is 1. The molecule has 1 rings (SSSR count). The van der Waals surface area contributed by atoms with Crippen LogP contribution in [0.25, 0.3) is 0 Å². The average molecular weight is 214 g/mol. The molecule has 1 aliphatic rings. The average Bonchev–Trinajstić information content (AvgIpc) is 2.71. The molecule has 15 heavy (non-hydrogen) atoms. The van der Waals surface area contributed by atoms with Gasteiger partial charge in [-0.25, -0.2) is 0 Å². The fourth-order valence-corrected chi connectivity index (χ4v) is 2.56. The van der Waals surface area contributed by atoms with E-state index in [4.69, 9.17) is 10.5 Å². The zero-order chi connectivity index (χ0) is 11.3. The summed E-state index contributed by atoms with van der Waals surface area (Å²) in [6, 6.07) is 1.09. The van der Waals surface area contributed by atoms with E-state index in [1.54, 1.807) is 0 Å². The largest absolute Gasteiger partial charge is 0.380 e. The van der Waals surface area contributed by atoms with Gasteiger partial charge in [-0.05, 0) is 25.8 Å². The van der Waals surface area contributed by atoms with Crippen molar-refractivity contribution < 1.29 is 4.74 Å². The maximum atomic E-state index is 5.89. The molecule has 0 aliphatic carbocycles. The molecule has 1 saturated heterocycles. The van der Waals surface area contributed by atoms with Gasteiger partial charge in [0.1, 0.15) is 0 Å². The topological polar surface area (TPSA) is 38.5 Å². The van der Waals surface area contributed by atoms with Gasteiger partial charge in [-0.2, -0.15) is 0 Å². The number of hydrogen-bond acceptors (Lipinski definition) is 3. The molecule has 0 radical (unpaired) electrons. The van der Waals surface area contributed by atoms with Crippen molar-refractivity contribution in [2.24, 2.45) is 11.7 Å². The van der Waals surface area contributed by atoms with E-state index in [2.05, 4.69) is 25.8 Å². The number of rotatable bonds is 6. The molecule has 2 N–H and O–H groups in total. The Bertz CT molecular complexity index is 169. The molecule has 0 aromatic rings. The first kappa shape index (κ1) is 12.9. The Hall–Kier alpha value is -0.120. The summed E-state index contributed by atoms with van der Waals surface area (Å²) in [6.45, 7) is 7.10. The molecule has 0 spiro atoms. The quantitative estimate of drug-likeness (QED) is 0.727. The Labute approximate surface area is 94.0 Å². The van der Waals surface area contributed by atoms with Crippen molar-refractivity contribution in [2.45, 2.75) is 45.2 Å². The van der Waals surface area contributed by atoms with E-state index < -0.39 is 0 Å². The Morgan fingerprint density at radius 3 is 2.73 bits per heavy atom. The van der Waals surface area contributed by atoms with Crippen LogP contribution in [0, 0.1) is 5.92 Å². The van der Waals surface area contributed by atoms with Gasteiger partial charge in [-0.15, -0.1) is 0 Å². The molecule has 3 atom stereocenters. The van der Waals surface area contributed by atoms with Crippen LogP contribution in [0.15, 0.2) is 0 Å². The highest BCUT2D eigenvalue weighted by Gasteiger charge is 2.28. The predicted octanol–water partition coefficient (Wildman–Crippen LogP) is 1.47. The molecule has 3 heteroatoms. The van der Waals surface area contributed by atoms with Crippen molar-refractivity contribution >= 4 is 0 Å². The summed E-state index contributed by atoms with van der Waals surface area (Å²) in [4.78, 5) is 2.44. The van der Waals surface area contributed by atoms with Gasteiger partial charge in [0.25, 0.3) is 0 Å². The van der Waals surface area contributed by atoms with E-state index in [-0.39, 0.29) is 0 Å². The van der Waals surface area contributed by atoms with Crippen molar-refractivity contribution in [2.75, 3.05) is 26.8 Å². The lowest BCUT2D eigenvalue weighted by Crippen LogP contribution is -2.48. The summed E-state index contributed by atoms with van der Waals surface area (Å²) in [6.07, 6.45) is 3.66. The van der Waals surface area contributed by atoms with Crippen LogP contribution in [0.4, 0.5) is 0 Å². The summed E-state index contributed by atoms with van der Waals surface area (Å²) in [7, 11) is 2.20. The molecule has 90 valence electrons. The number of nitrogens with zero attached hydrogens (tertiary/aromatic N) is 1. The molecular formula is C12H26N2O. The fourth-order valence-electron chi connectivity index (χ4n) is 2.56. The molecule has 1 heterocycles. The summed E-state index contributed by atoms with van der Waals surface area (Å²) >= 11 is 0. The van der Waals surface area contributed by atoms with Gasteiger partial charge in [-0.1, -0.05) is 20.3 Å². The van der Waals surface area contributed by atoms with Crippen LogP contribution in [0.3, 0.4) is 0 Å². The second kappa shape index (κ2) is 6.46. The van der Waals surface area contributed by atoms with Crippen molar-refractivity contribution in [1.82, 2.24) is 4.90 Å². The van der Waals surface area contributed by atoms with Gasteiger partial charge in [0.05, 0.1) is 6.61 Å². The standard InChI is InChI=1S/C12H26N2O/c1-4-5-10(2)12(8-13)14(3)11-6-7-15-9-11/h10-12H,4-9,13H2,1-3H3. The van der Waals surface area contributed by atoms with Gasteiger partial charge in [0.15, 0.2) is 0 Å². The molecule has 1 aliphatic heterocycles. The minimum absolute atomic E-state index is 0.511. The van der Waals surface area contributed by atoms with E-state index in [0.717, 1.165) is 26.2 Å². The third-order valence-corrected chi connectivity index (χ3v) is 3.65. The molecule has 0 amide bonds. The summed E-state index contributed by atoms with van der Waals surface area (Å²) in [5.74, 6) is 0.686. The third kappa shape index (κ3) is 3.44. The van der Waals surface area contributed by atoms with Gasteiger partial charge >= 0.3 is 0 Å². The molecule has 0 aromatic carbocycles. The minimum atomic E-state index is 0.511. The highest BCUT2D eigenvalue weighted by Crippen LogP contribution is 2.20. The summed E-state index contributed by atoms with van der Waals surface area (Å²) in [5, 5.41) is 0. The first-order valence-electron chi connectivity index (χ1n) is 6.20. The lowest BCUT2D eigenvalue weighted by atomic mass is 9.94. The highest BCUT2D eigenvalue weighted by atomic mass is 16.5. The lowest BCUT2D eigenvalue weighted by molar-refractivity contribution is 0.108. The Balaban J connectivity index is 2.48. The lowest BCUT2D eigenvalue weighted by Gasteiger charge is -2.35. The van der Waals surface area contributed by atoms with Crippen LogP contribution in [0.1, 0.15) is 33.1 Å². The van der Waals surface area contributed by atoms with E-state index in [1.165, 1.54) is 12.8 Å². The van der Waals surface area contributed by atoms with Crippen LogP contribution in [-0.2, 0) is 4.74 Å². The normalized spacial score (nSPS) is 25.8. The van der Waals surface area contributed by atoms with Gasteiger partial charge < -0.3 is 10.5 Å². The predicted molar refractivity (Wildman–Crippen MR) is 63.9 cm³/mol. The van der Waals surface area contributed by atoms with Gasteiger partial charge in [0.2, 0.25) is 0 Å². The first-order chi connectivity index (χ1) is 7.20. The third-order valence-electron chi connectivity index (χ3n) is 3.65. The molecule has 3 nitrogen and oxygen atoms in total. The van der Waals surface area contributed by atoms with Crippen molar-refractivity contribution in [3.63, 3.8) is 0 Å². The summed E-state index contributed by atoms with van der Waals surface area (Å²) in [5.41, 5.74) is 5.89. The fraction of sp³-hybridized carbons (Fsp3) is 1.00. The molecule has 0 bridgehead atoms. The zero-order valence-corrected chi connectivity index (χ0v) is 10.4. The molecule has 1 fully saturated rings. The smallest absolute Gasteiger partial charge is 0.0622 e. The van der Waals surface area contributed by atoms with E-state index in [9.17, 15) is 0 Å². The van der Waals surface area contributed by atoms with Gasteiger partial charge in [-0.3, -0.25) is 4.90 Å². The highest BCUT2D eigenvalue weighted by molar-refractivity contribution is 4.82. The zero-order valence-electron chi connectivity index (χ0n) is 10.4. The van der Waals surface area contributed by atoms with Crippen molar-refractivity contribution in [1.29, 1.82) is 0 Å². The van der Waals surface area contributed by atoms with Gasteiger partial charge in [0, 0.05) is 25.2 Å². The Kier molecular flexibility index (Phi) is 5.58. The minimum Gasteiger partial charge on any atom is -0.380 e. The molecule has 0 saturated carbocycles. The monoisotopic (exact) mass is 214 g/mol. The Morgan fingerprint density at radius 2 is 2.27 bits per heavy atom. The van der Waals surface area contributed by atoms with Crippen molar-refractivity contribution in [3.05, 3.63) is 0 Å². The Morgan fingerprint density at radius 1 is 1.53 bits per heavy atom. The van der Waals surface area contributed by atoms with Crippen molar-refractivity contribution in [3.8, 4) is 0 Å². The molecular weight excluding hydrogens is 188 g/mol. The molecule has 0 aromatic heterocycles.